The molecular formula is C13H14N4O3S3. The van der Waals surface area contributed by atoms with Crippen molar-refractivity contribution in [1.82, 2.24) is 10.2 Å². The maximum absolute atomic E-state index is 12.2. The largest absolute Gasteiger partial charge is 0.300 e. The summed E-state index contributed by atoms with van der Waals surface area (Å²) in [5, 5.41) is 21.4. The number of rotatable bonds is 7. The number of carbonyl (C=O) groups is 1. The van der Waals surface area contributed by atoms with Crippen LogP contribution in [0.5, 0.6) is 0 Å². The second-order valence-electron chi connectivity index (χ2n) is 4.31. The first-order chi connectivity index (χ1) is 11.0. The first-order valence-electron chi connectivity index (χ1n) is 6.68. The summed E-state index contributed by atoms with van der Waals surface area (Å²) in [5.41, 5.74) is 0.0290. The second kappa shape index (κ2) is 8.27. The Hall–Kier alpha value is -1.65. The van der Waals surface area contributed by atoms with Crippen molar-refractivity contribution in [2.75, 3.05) is 11.1 Å². The summed E-state index contributed by atoms with van der Waals surface area (Å²) in [5.74, 6) is 0.715. The van der Waals surface area contributed by atoms with Crippen molar-refractivity contribution in [2.24, 2.45) is 0 Å². The van der Waals surface area contributed by atoms with E-state index in [-0.39, 0.29) is 16.8 Å². The van der Waals surface area contributed by atoms with E-state index in [2.05, 4.69) is 15.5 Å². The lowest BCUT2D eigenvalue weighted by Gasteiger charge is -2.09. The highest BCUT2D eigenvalue weighted by atomic mass is 32.2. The molecule has 122 valence electrons. The summed E-state index contributed by atoms with van der Waals surface area (Å²) in [6.07, 6.45) is 0. The molecule has 2 rings (SSSR count). The molecule has 1 atom stereocenters. The molecule has 0 saturated heterocycles. The zero-order valence-corrected chi connectivity index (χ0v) is 14.8. The summed E-state index contributed by atoms with van der Waals surface area (Å²) in [4.78, 5) is 23.1. The molecule has 0 aliphatic rings. The molecule has 1 aromatic heterocycles. The maximum atomic E-state index is 12.2. The van der Waals surface area contributed by atoms with Crippen LogP contribution in [0.2, 0.25) is 0 Å². The van der Waals surface area contributed by atoms with E-state index < -0.39 is 4.92 Å². The van der Waals surface area contributed by atoms with Crippen molar-refractivity contribution < 1.29 is 9.72 Å². The normalized spacial score (nSPS) is 11.9. The SMILES string of the molecule is CCSc1nnc(NC(=O)C(C)Sc2ccc([N+](=O)[O-])cc2)s1. The van der Waals surface area contributed by atoms with Gasteiger partial charge < -0.3 is 0 Å². The Morgan fingerprint density at radius 2 is 2.09 bits per heavy atom. The summed E-state index contributed by atoms with van der Waals surface area (Å²) in [6.45, 7) is 3.79. The minimum absolute atomic E-state index is 0.0290. The van der Waals surface area contributed by atoms with E-state index in [1.165, 1.54) is 35.2 Å². The number of nitrogens with zero attached hydrogens (tertiary/aromatic N) is 3. The Kier molecular flexibility index (Phi) is 6.37. The monoisotopic (exact) mass is 370 g/mol. The van der Waals surface area contributed by atoms with Gasteiger partial charge in [0.25, 0.3) is 5.69 Å². The number of hydrogen-bond acceptors (Lipinski definition) is 8. The van der Waals surface area contributed by atoms with Crippen molar-refractivity contribution in [3.63, 3.8) is 0 Å². The summed E-state index contributed by atoms with van der Waals surface area (Å²) >= 11 is 4.24. The molecule has 1 amide bonds. The highest BCUT2D eigenvalue weighted by Crippen LogP contribution is 2.28. The number of nitrogens with one attached hydrogen (secondary N) is 1. The van der Waals surface area contributed by atoms with Gasteiger partial charge in [0.15, 0.2) is 4.34 Å². The Morgan fingerprint density at radius 1 is 1.39 bits per heavy atom. The van der Waals surface area contributed by atoms with Crippen LogP contribution in [0.4, 0.5) is 10.8 Å². The molecule has 0 bridgehead atoms. The fraction of sp³-hybridized carbons (Fsp3) is 0.308. The fourth-order valence-electron chi connectivity index (χ4n) is 1.55. The standard InChI is InChI=1S/C13H14N4O3S3/c1-3-21-13-16-15-12(23-13)14-11(18)8(2)22-10-6-4-9(5-7-10)17(19)20/h4-8H,3H2,1-2H3,(H,14,15,18). The van der Waals surface area contributed by atoms with Gasteiger partial charge in [-0.2, -0.15) is 0 Å². The lowest BCUT2D eigenvalue weighted by Crippen LogP contribution is -2.22. The van der Waals surface area contributed by atoms with Crippen LogP contribution in [0.3, 0.4) is 0 Å². The average molecular weight is 370 g/mol. The van der Waals surface area contributed by atoms with Crippen LogP contribution in [0.15, 0.2) is 33.5 Å². The number of thioether (sulfide) groups is 2. The number of amides is 1. The van der Waals surface area contributed by atoms with E-state index in [4.69, 9.17) is 0 Å². The second-order valence-corrected chi connectivity index (χ2v) is 8.21. The maximum Gasteiger partial charge on any atom is 0.269 e. The zero-order chi connectivity index (χ0) is 16.8. The zero-order valence-electron chi connectivity index (χ0n) is 12.4. The van der Waals surface area contributed by atoms with E-state index in [1.807, 2.05) is 6.92 Å². The van der Waals surface area contributed by atoms with E-state index in [0.717, 1.165) is 15.0 Å². The summed E-state index contributed by atoms with van der Waals surface area (Å²) in [6, 6.07) is 6.11. The molecule has 0 radical (unpaired) electrons. The molecule has 0 aliphatic carbocycles. The molecule has 1 N–H and O–H groups in total. The molecular weight excluding hydrogens is 356 g/mol. The lowest BCUT2D eigenvalue weighted by atomic mass is 10.3. The Morgan fingerprint density at radius 3 is 2.70 bits per heavy atom. The number of anilines is 1. The molecule has 0 fully saturated rings. The highest BCUT2D eigenvalue weighted by molar-refractivity contribution is 8.01. The van der Waals surface area contributed by atoms with Crippen molar-refractivity contribution in [3.05, 3.63) is 34.4 Å². The van der Waals surface area contributed by atoms with E-state index in [1.54, 1.807) is 30.8 Å². The van der Waals surface area contributed by atoms with Crippen LogP contribution in [0, 0.1) is 10.1 Å². The topological polar surface area (TPSA) is 98.0 Å². The number of aromatic nitrogens is 2. The molecule has 1 heterocycles. The van der Waals surface area contributed by atoms with Gasteiger partial charge in [-0.1, -0.05) is 30.0 Å². The van der Waals surface area contributed by atoms with Gasteiger partial charge in [0.1, 0.15) is 0 Å². The third-order valence-corrected chi connectivity index (χ3v) is 5.60. The van der Waals surface area contributed by atoms with Gasteiger partial charge in [0.05, 0.1) is 10.2 Å². The third kappa shape index (κ3) is 5.19. The first-order valence-corrected chi connectivity index (χ1v) is 9.36. The van der Waals surface area contributed by atoms with E-state index in [9.17, 15) is 14.9 Å². The van der Waals surface area contributed by atoms with Crippen molar-refractivity contribution >= 4 is 51.6 Å². The van der Waals surface area contributed by atoms with Gasteiger partial charge >= 0.3 is 0 Å². The smallest absolute Gasteiger partial charge is 0.269 e. The number of hydrogen-bond donors (Lipinski definition) is 1. The molecule has 1 aromatic carbocycles. The van der Waals surface area contributed by atoms with Gasteiger partial charge in [0, 0.05) is 17.0 Å². The fourth-order valence-corrected chi connectivity index (χ4v) is 4.07. The van der Waals surface area contributed by atoms with Gasteiger partial charge in [-0.25, -0.2) is 0 Å². The molecule has 0 saturated carbocycles. The van der Waals surface area contributed by atoms with Gasteiger partial charge in [-0.15, -0.1) is 22.0 Å². The quantitative estimate of drug-likeness (QED) is 0.343. The van der Waals surface area contributed by atoms with Crippen molar-refractivity contribution in [2.45, 2.75) is 28.3 Å². The Labute approximate surface area is 145 Å². The van der Waals surface area contributed by atoms with E-state index >= 15 is 0 Å². The van der Waals surface area contributed by atoms with Crippen molar-refractivity contribution in [1.29, 1.82) is 0 Å². The number of nitro benzene ring substituents is 1. The first kappa shape index (κ1) is 17.7. The summed E-state index contributed by atoms with van der Waals surface area (Å²) < 4.78 is 0.818. The van der Waals surface area contributed by atoms with Crippen LogP contribution in [-0.2, 0) is 4.79 Å². The Bertz CT molecular complexity index is 690. The van der Waals surface area contributed by atoms with Crippen LogP contribution in [-0.4, -0.2) is 32.0 Å². The van der Waals surface area contributed by atoms with E-state index in [0.29, 0.717) is 5.13 Å². The Balaban J connectivity index is 1.92. The molecule has 2 aromatic rings. The van der Waals surface area contributed by atoms with Crippen LogP contribution < -0.4 is 5.32 Å². The molecule has 0 spiro atoms. The minimum Gasteiger partial charge on any atom is -0.300 e. The molecule has 0 aliphatic heterocycles. The molecule has 7 nitrogen and oxygen atoms in total. The molecule has 1 unspecified atom stereocenters. The number of benzene rings is 1. The van der Waals surface area contributed by atoms with Crippen LogP contribution >= 0.6 is 34.9 Å². The minimum atomic E-state index is -0.452. The van der Waals surface area contributed by atoms with Crippen LogP contribution in [0.25, 0.3) is 0 Å². The number of carbonyl (C=O) groups excluding carboxylic acids is 1. The molecule has 10 heteroatoms. The number of non-ortho nitro benzene ring substituents is 1. The van der Waals surface area contributed by atoms with Crippen molar-refractivity contribution in [3.8, 4) is 0 Å². The van der Waals surface area contributed by atoms with Gasteiger partial charge in [0.2, 0.25) is 11.0 Å². The average Bonchev–Trinajstić information content (AvgIpc) is 2.95. The highest BCUT2D eigenvalue weighted by Gasteiger charge is 2.17. The predicted octanol–water partition coefficient (Wildman–Crippen LogP) is 3.68. The van der Waals surface area contributed by atoms with Gasteiger partial charge in [-0.05, 0) is 24.8 Å². The predicted molar refractivity (Wildman–Crippen MR) is 93.4 cm³/mol. The van der Waals surface area contributed by atoms with Crippen LogP contribution in [0.1, 0.15) is 13.8 Å². The molecule has 23 heavy (non-hydrogen) atoms. The summed E-state index contributed by atoms with van der Waals surface area (Å²) in [7, 11) is 0. The lowest BCUT2D eigenvalue weighted by molar-refractivity contribution is -0.384. The third-order valence-electron chi connectivity index (χ3n) is 2.63. The number of nitro groups is 1. The van der Waals surface area contributed by atoms with Gasteiger partial charge in [-0.3, -0.25) is 20.2 Å².